The molecule has 3 amide bonds. The molecule has 0 aliphatic rings. The first-order valence-corrected chi connectivity index (χ1v) is 10.4. The maximum absolute atomic E-state index is 12.6. The average molecular weight is 490 g/mol. The van der Waals surface area contributed by atoms with Crippen LogP contribution in [0.3, 0.4) is 0 Å². The van der Waals surface area contributed by atoms with Gasteiger partial charge in [0.2, 0.25) is 17.7 Å². The second-order valence-electron chi connectivity index (χ2n) is 7.59. The van der Waals surface area contributed by atoms with E-state index >= 15 is 0 Å². The number of benzene rings is 1. The Bertz CT molecular complexity index is 1040. The molecule has 0 aliphatic heterocycles. The van der Waals surface area contributed by atoms with E-state index in [1.807, 2.05) is 0 Å². The Morgan fingerprint density at radius 3 is 2.23 bits per heavy atom. The Labute approximate surface area is 198 Å². The molecule has 0 saturated heterocycles. The molecule has 0 fully saturated rings. The zero-order valence-corrected chi connectivity index (χ0v) is 18.4. The van der Waals surface area contributed by atoms with Crippen molar-refractivity contribution >= 4 is 29.7 Å². The summed E-state index contributed by atoms with van der Waals surface area (Å²) < 4.78 is 0. The summed E-state index contributed by atoms with van der Waals surface area (Å²) in [6.45, 7) is -0.521. The van der Waals surface area contributed by atoms with Gasteiger partial charge in [-0.05, 0) is 24.1 Å². The number of rotatable bonds is 13. The number of carbonyl (C=O) groups excluding carboxylic acids is 3. The van der Waals surface area contributed by atoms with Gasteiger partial charge in [-0.15, -0.1) is 0 Å². The summed E-state index contributed by atoms with van der Waals surface area (Å²) in [7, 11) is 0. The minimum atomic E-state index is -1.71. The van der Waals surface area contributed by atoms with E-state index in [4.69, 9.17) is 15.9 Å². The van der Waals surface area contributed by atoms with Crippen LogP contribution in [0.1, 0.15) is 17.7 Å². The molecule has 1 aromatic heterocycles. The summed E-state index contributed by atoms with van der Waals surface area (Å²) in [4.78, 5) is 66.0. The fourth-order valence-corrected chi connectivity index (χ4v) is 3.00. The van der Waals surface area contributed by atoms with Crippen molar-refractivity contribution < 1.29 is 39.3 Å². The van der Waals surface area contributed by atoms with Gasteiger partial charge in [0.15, 0.2) is 0 Å². The fourth-order valence-electron chi connectivity index (χ4n) is 3.00. The Balaban J connectivity index is 1.96. The number of phenols is 1. The van der Waals surface area contributed by atoms with Crippen LogP contribution in [0.15, 0.2) is 36.8 Å². The molecule has 0 saturated carbocycles. The number of phenolic OH excluding ortho intramolecular Hbond substituents is 1. The molecule has 0 radical (unpaired) electrons. The largest absolute Gasteiger partial charge is 0.508 e. The number of hydrogen-bond acceptors (Lipinski definition) is 8. The van der Waals surface area contributed by atoms with Crippen LogP contribution < -0.4 is 21.7 Å². The second kappa shape index (κ2) is 12.7. The SMILES string of the molecule is NC(Cc1ccc(O)cc1)C(=O)NCC(=O)NC(Cc1cnc[nH]1)C(=O)NC(CC(=O)O)C(=O)O. The molecule has 3 atom stereocenters. The van der Waals surface area contributed by atoms with E-state index in [0.29, 0.717) is 11.3 Å². The maximum Gasteiger partial charge on any atom is 0.326 e. The summed E-state index contributed by atoms with van der Waals surface area (Å²) in [6, 6.07) is 2.11. The predicted octanol–water partition coefficient (Wildman–Crippen LogP) is -2.13. The summed E-state index contributed by atoms with van der Waals surface area (Å²) >= 11 is 0. The minimum Gasteiger partial charge on any atom is -0.508 e. The zero-order chi connectivity index (χ0) is 26.0. The first-order valence-electron chi connectivity index (χ1n) is 10.4. The number of nitrogens with zero attached hydrogens (tertiary/aromatic N) is 1. The summed E-state index contributed by atoms with van der Waals surface area (Å²) in [5, 5.41) is 34.1. The third kappa shape index (κ3) is 9.13. The highest BCUT2D eigenvalue weighted by molar-refractivity contribution is 5.93. The molecule has 0 bridgehead atoms. The molecule has 188 valence electrons. The molecule has 3 unspecified atom stereocenters. The molecule has 0 aliphatic carbocycles. The highest BCUT2D eigenvalue weighted by Crippen LogP contribution is 2.10. The van der Waals surface area contributed by atoms with Gasteiger partial charge in [0.05, 0.1) is 25.3 Å². The number of imidazole rings is 1. The Hall–Kier alpha value is -4.46. The Kier molecular flexibility index (Phi) is 9.71. The number of carboxylic acid groups (broad SMARTS) is 2. The van der Waals surface area contributed by atoms with E-state index in [2.05, 4.69) is 25.9 Å². The highest BCUT2D eigenvalue weighted by Gasteiger charge is 2.29. The summed E-state index contributed by atoms with van der Waals surface area (Å²) in [6.07, 6.45) is 1.92. The maximum atomic E-state index is 12.6. The smallest absolute Gasteiger partial charge is 0.326 e. The molecule has 2 aromatic rings. The average Bonchev–Trinajstić information content (AvgIpc) is 3.30. The van der Waals surface area contributed by atoms with Crippen LogP contribution in [0.2, 0.25) is 0 Å². The third-order valence-electron chi connectivity index (χ3n) is 4.78. The van der Waals surface area contributed by atoms with E-state index in [0.717, 1.165) is 0 Å². The normalized spacial score (nSPS) is 13.2. The molecule has 0 spiro atoms. The van der Waals surface area contributed by atoms with Crippen LogP contribution in [0.5, 0.6) is 5.75 Å². The predicted molar refractivity (Wildman–Crippen MR) is 119 cm³/mol. The summed E-state index contributed by atoms with van der Waals surface area (Å²) in [5.74, 6) is -5.25. The van der Waals surface area contributed by atoms with E-state index < -0.39 is 60.8 Å². The van der Waals surface area contributed by atoms with Gasteiger partial charge in [0.1, 0.15) is 17.8 Å². The zero-order valence-electron chi connectivity index (χ0n) is 18.4. The first kappa shape index (κ1) is 26.8. The van der Waals surface area contributed by atoms with Crippen LogP contribution >= 0.6 is 0 Å². The molecule has 35 heavy (non-hydrogen) atoms. The number of aromatic hydroxyl groups is 1. The fraction of sp³-hybridized carbons (Fsp3) is 0.333. The molecule has 9 N–H and O–H groups in total. The van der Waals surface area contributed by atoms with Gasteiger partial charge in [0, 0.05) is 18.3 Å². The Morgan fingerprint density at radius 2 is 1.66 bits per heavy atom. The summed E-state index contributed by atoms with van der Waals surface area (Å²) in [5.41, 5.74) is 6.99. The lowest BCUT2D eigenvalue weighted by molar-refractivity contribution is -0.147. The molecule has 1 heterocycles. The Morgan fingerprint density at radius 1 is 0.971 bits per heavy atom. The van der Waals surface area contributed by atoms with Crippen LogP contribution in [-0.2, 0) is 36.8 Å². The number of aromatic nitrogens is 2. The van der Waals surface area contributed by atoms with Gasteiger partial charge in [0.25, 0.3) is 0 Å². The lowest BCUT2D eigenvalue weighted by atomic mass is 10.1. The quantitative estimate of drug-likeness (QED) is 0.152. The van der Waals surface area contributed by atoms with Gasteiger partial charge in [-0.3, -0.25) is 19.2 Å². The van der Waals surface area contributed by atoms with Gasteiger partial charge < -0.3 is 42.0 Å². The second-order valence-corrected chi connectivity index (χ2v) is 7.59. The van der Waals surface area contributed by atoms with Gasteiger partial charge in [-0.25, -0.2) is 9.78 Å². The lowest BCUT2D eigenvalue weighted by Crippen LogP contribution is -2.54. The van der Waals surface area contributed by atoms with Gasteiger partial charge >= 0.3 is 11.9 Å². The monoisotopic (exact) mass is 490 g/mol. The van der Waals surface area contributed by atoms with Crippen LogP contribution in [-0.4, -0.2) is 79.6 Å². The van der Waals surface area contributed by atoms with E-state index in [1.54, 1.807) is 12.1 Å². The van der Waals surface area contributed by atoms with Gasteiger partial charge in [-0.2, -0.15) is 0 Å². The van der Waals surface area contributed by atoms with Crippen molar-refractivity contribution in [1.82, 2.24) is 25.9 Å². The highest BCUT2D eigenvalue weighted by atomic mass is 16.4. The molecular formula is C21H26N6O8. The topological polar surface area (TPSA) is 237 Å². The van der Waals surface area contributed by atoms with Crippen molar-refractivity contribution in [3.8, 4) is 5.75 Å². The number of aliphatic carboxylic acids is 2. The van der Waals surface area contributed by atoms with Crippen LogP contribution in [0.4, 0.5) is 0 Å². The van der Waals surface area contributed by atoms with Crippen molar-refractivity contribution in [2.24, 2.45) is 5.73 Å². The molecule has 14 heteroatoms. The van der Waals surface area contributed by atoms with E-state index in [9.17, 15) is 29.1 Å². The van der Waals surface area contributed by atoms with Crippen molar-refractivity contribution in [2.75, 3.05) is 6.54 Å². The van der Waals surface area contributed by atoms with E-state index in [1.165, 1.54) is 24.7 Å². The van der Waals surface area contributed by atoms with Crippen molar-refractivity contribution in [1.29, 1.82) is 0 Å². The number of amides is 3. The number of nitrogens with two attached hydrogens (primary N) is 1. The molecular weight excluding hydrogens is 464 g/mol. The van der Waals surface area contributed by atoms with Crippen LogP contribution in [0, 0.1) is 0 Å². The number of hydrogen-bond donors (Lipinski definition) is 8. The number of carbonyl (C=O) groups is 5. The first-order chi connectivity index (χ1) is 16.5. The van der Waals surface area contributed by atoms with Gasteiger partial charge in [-0.1, -0.05) is 12.1 Å². The van der Waals surface area contributed by atoms with E-state index in [-0.39, 0.29) is 18.6 Å². The number of nitrogens with one attached hydrogen (secondary N) is 4. The third-order valence-corrected chi connectivity index (χ3v) is 4.78. The number of H-pyrrole nitrogens is 1. The van der Waals surface area contributed by atoms with Crippen molar-refractivity contribution in [3.05, 3.63) is 48.0 Å². The van der Waals surface area contributed by atoms with Crippen LogP contribution in [0.25, 0.3) is 0 Å². The molecule has 1 aromatic carbocycles. The molecule has 2 rings (SSSR count). The minimum absolute atomic E-state index is 0.0646. The number of carboxylic acids is 2. The van der Waals surface area contributed by atoms with Crippen molar-refractivity contribution in [2.45, 2.75) is 37.4 Å². The molecule has 14 nitrogen and oxygen atoms in total. The standard InChI is InChI=1S/C21H26N6O8/c22-14(5-11-1-3-13(28)4-2-11)19(32)24-9-17(29)26-15(6-12-8-23-10-25-12)20(33)27-16(21(34)35)7-18(30)31/h1-4,8,10,14-16,28H,5-7,9,22H2,(H,23,25)(H,24,32)(H,26,29)(H,27,33)(H,30,31)(H,34,35). The van der Waals surface area contributed by atoms with Crippen molar-refractivity contribution in [3.63, 3.8) is 0 Å². The lowest BCUT2D eigenvalue weighted by Gasteiger charge is -2.21. The number of aromatic amines is 1.